The van der Waals surface area contributed by atoms with E-state index in [9.17, 15) is 18.4 Å². The lowest BCUT2D eigenvalue weighted by atomic mass is 9.77. The smallest absolute Gasteiger partial charge is 0.407 e. The lowest BCUT2D eigenvalue weighted by Crippen LogP contribution is -2.38. The Morgan fingerprint density at radius 1 is 0.639 bits per heavy atom. The van der Waals surface area contributed by atoms with Crippen LogP contribution in [0.3, 0.4) is 0 Å². The first-order valence-corrected chi connectivity index (χ1v) is 19.9. The van der Waals surface area contributed by atoms with E-state index in [0.717, 1.165) is 33.9 Å². The van der Waals surface area contributed by atoms with Crippen LogP contribution in [0.4, 0.5) is 19.4 Å². The summed E-state index contributed by atoms with van der Waals surface area (Å²) in [6.45, 7) is 1.36. The van der Waals surface area contributed by atoms with E-state index in [4.69, 9.17) is 14.6 Å². The first kappa shape index (κ1) is 40.3. The minimum Gasteiger partial charge on any atom is -0.445 e. The number of alkyl carbamates (subject to hydrolysis) is 1. The number of carbonyl (C=O) groups excluding carboxylic acids is 2. The molecular weight excluding hydrogens is 775 g/mol. The molecule has 8 rings (SSSR count). The van der Waals surface area contributed by atoms with Crippen LogP contribution in [-0.4, -0.2) is 51.3 Å². The molecule has 306 valence electrons. The zero-order valence-corrected chi connectivity index (χ0v) is 33.1. The minimum atomic E-state index is -1.00. The van der Waals surface area contributed by atoms with Gasteiger partial charge in [-0.3, -0.25) is 9.48 Å². The number of nitrogens with one attached hydrogen (secondary N) is 2. The number of hydrogen-bond acceptors (Lipinski definition) is 6. The summed E-state index contributed by atoms with van der Waals surface area (Å²) < 4.78 is 43.0. The van der Waals surface area contributed by atoms with Crippen LogP contribution in [0, 0.1) is 11.6 Å². The maximum Gasteiger partial charge on any atom is 0.407 e. The van der Waals surface area contributed by atoms with Gasteiger partial charge in [-0.2, -0.15) is 10.2 Å². The zero-order valence-electron chi connectivity index (χ0n) is 33.1. The molecular formula is C49H42F2N6O4. The summed E-state index contributed by atoms with van der Waals surface area (Å²) in [6, 6.07) is 50.5. The van der Waals surface area contributed by atoms with Crippen molar-refractivity contribution in [2.24, 2.45) is 0 Å². The summed E-state index contributed by atoms with van der Waals surface area (Å²) in [4.78, 5) is 26.0. The third kappa shape index (κ3) is 9.24. The summed E-state index contributed by atoms with van der Waals surface area (Å²) >= 11 is 0. The first-order valence-electron chi connectivity index (χ1n) is 19.9. The number of nitrogens with zero attached hydrogens (tertiary/aromatic N) is 4. The molecule has 12 heteroatoms. The highest BCUT2D eigenvalue weighted by atomic mass is 19.1. The van der Waals surface area contributed by atoms with Crippen LogP contribution >= 0.6 is 0 Å². The fourth-order valence-electron chi connectivity index (χ4n) is 7.52. The van der Waals surface area contributed by atoms with E-state index < -0.39 is 29.2 Å². The van der Waals surface area contributed by atoms with Gasteiger partial charge in [0.05, 0.1) is 25.3 Å². The van der Waals surface area contributed by atoms with Gasteiger partial charge in [0.2, 0.25) is 0 Å². The van der Waals surface area contributed by atoms with Gasteiger partial charge in [0, 0.05) is 24.2 Å². The van der Waals surface area contributed by atoms with Crippen LogP contribution in [0.5, 0.6) is 0 Å². The minimum absolute atomic E-state index is 0.164. The molecule has 6 aromatic carbocycles. The second-order valence-electron chi connectivity index (χ2n) is 14.4. The van der Waals surface area contributed by atoms with Gasteiger partial charge in [-0.15, -0.1) is 0 Å². The molecule has 0 fully saturated rings. The Balaban J connectivity index is 1.06. The number of carbonyl (C=O) groups is 2. The Kier molecular flexibility index (Phi) is 12.3. The lowest BCUT2D eigenvalue weighted by molar-refractivity contribution is 0.101. The van der Waals surface area contributed by atoms with E-state index in [1.54, 1.807) is 16.9 Å². The highest BCUT2D eigenvalue weighted by molar-refractivity contribution is 6.07. The largest absolute Gasteiger partial charge is 0.445 e. The first-order chi connectivity index (χ1) is 29.9. The van der Waals surface area contributed by atoms with E-state index in [-0.39, 0.29) is 44.3 Å². The van der Waals surface area contributed by atoms with Crippen LogP contribution in [0.15, 0.2) is 170 Å². The summed E-state index contributed by atoms with van der Waals surface area (Å²) in [7, 11) is 0. The Bertz CT molecular complexity index is 2610. The quantitative estimate of drug-likeness (QED) is 0.0744. The van der Waals surface area contributed by atoms with Gasteiger partial charge in [0.25, 0.3) is 5.91 Å². The molecule has 0 aliphatic heterocycles. The fraction of sp³-hybridized carbons (Fsp3) is 0.143. The Morgan fingerprint density at radius 3 is 1.87 bits per heavy atom. The van der Waals surface area contributed by atoms with Crippen LogP contribution in [-0.2, 0) is 34.6 Å². The molecule has 0 unspecified atom stereocenters. The topological polar surface area (TPSA) is 112 Å². The molecule has 2 heterocycles. The average Bonchev–Trinajstić information content (AvgIpc) is 3.91. The third-order valence-corrected chi connectivity index (χ3v) is 10.3. The monoisotopic (exact) mass is 816 g/mol. The molecule has 2 amide bonds. The molecule has 0 aliphatic carbocycles. The number of anilines is 1. The van der Waals surface area contributed by atoms with Crippen LogP contribution in [0.1, 0.15) is 43.9 Å². The van der Waals surface area contributed by atoms with E-state index in [0.29, 0.717) is 23.0 Å². The molecule has 0 spiro atoms. The number of halogens is 2. The average molecular weight is 817 g/mol. The number of fused-ring (bicyclic) bond motifs is 1. The second-order valence-corrected chi connectivity index (χ2v) is 14.4. The summed E-state index contributed by atoms with van der Waals surface area (Å²) in [5.41, 5.74) is 4.81. The molecule has 0 saturated heterocycles. The van der Waals surface area contributed by atoms with Crippen molar-refractivity contribution < 1.29 is 27.8 Å². The van der Waals surface area contributed by atoms with E-state index in [2.05, 4.69) is 52.1 Å². The normalized spacial score (nSPS) is 11.4. The number of amides is 2. The summed E-state index contributed by atoms with van der Waals surface area (Å²) in [5, 5.41) is 16.1. The Morgan fingerprint density at radius 2 is 1.25 bits per heavy atom. The predicted octanol–water partition coefficient (Wildman–Crippen LogP) is 9.14. The van der Waals surface area contributed by atoms with Gasteiger partial charge in [-0.05, 0) is 70.1 Å². The van der Waals surface area contributed by atoms with E-state index in [1.165, 1.54) is 12.1 Å². The maximum absolute atomic E-state index is 14.3. The molecule has 8 aromatic rings. The van der Waals surface area contributed by atoms with Crippen LogP contribution in [0.2, 0.25) is 0 Å². The van der Waals surface area contributed by atoms with Crippen molar-refractivity contribution in [3.05, 3.63) is 221 Å². The van der Waals surface area contributed by atoms with Crippen LogP contribution in [0.25, 0.3) is 10.9 Å². The number of hydrogen-bond donors (Lipinski definition) is 2. The molecule has 10 nitrogen and oxygen atoms in total. The highest BCUT2D eigenvalue weighted by Gasteiger charge is 2.41. The van der Waals surface area contributed by atoms with Gasteiger partial charge in [-0.1, -0.05) is 127 Å². The molecule has 0 radical (unpaired) electrons. The van der Waals surface area contributed by atoms with Gasteiger partial charge >= 0.3 is 6.09 Å². The number of rotatable bonds is 16. The van der Waals surface area contributed by atoms with Gasteiger partial charge in [-0.25, -0.2) is 18.3 Å². The van der Waals surface area contributed by atoms with Crippen molar-refractivity contribution >= 4 is 28.7 Å². The number of benzene rings is 6. The Hall–Kier alpha value is -7.44. The molecule has 0 saturated carbocycles. The molecule has 0 aliphatic rings. The van der Waals surface area contributed by atoms with Crippen molar-refractivity contribution in [3.8, 4) is 0 Å². The number of aromatic nitrogens is 4. The molecule has 2 aromatic heterocycles. The number of ether oxygens (including phenoxy) is 2. The van der Waals surface area contributed by atoms with E-state index in [1.807, 2.05) is 108 Å². The molecule has 2 N–H and O–H groups in total. The van der Waals surface area contributed by atoms with Crippen molar-refractivity contribution in [2.45, 2.75) is 25.1 Å². The third-order valence-electron chi connectivity index (χ3n) is 10.3. The molecule has 61 heavy (non-hydrogen) atoms. The standard InChI is InChI=1S/C49H42F2N6O4/c50-41-30-37(31-42(51)33-41)29-36-21-22-45-43(32-36)46(55-57(45)49(38-15-7-2-8-16-38,39-17-9-3-10-18-39)40-19-11-4-12-20-40)53-47(58)44-23-25-56(54-44)26-28-60-27-24-52-48(59)61-34-35-13-5-1-6-14-35/h1-23,25,30-33H,24,26-29,34H2,(H,52,59)(H,53,55,58). The molecule has 0 bridgehead atoms. The van der Waals surface area contributed by atoms with Crippen LogP contribution < -0.4 is 10.6 Å². The van der Waals surface area contributed by atoms with Gasteiger partial charge in [0.1, 0.15) is 23.8 Å². The van der Waals surface area contributed by atoms with Crippen molar-refractivity contribution in [1.82, 2.24) is 24.9 Å². The van der Waals surface area contributed by atoms with Gasteiger partial charge in [0.15, 0.2) is 11.5 Å². The predicted molar refractivity (Wildman–Crippen MR) is 229 cm³/mol. The lowest BCUT2D eigenvalue weighted by Gasteiger charge is -2.37. The van der Waals surface area contributed by atoms with Crippen molar-refractivity contribution in [2.75, 3.05) is 25.1 Å². The summed E-state index contributed by atoms with van der Waals surface area (Å²) in [5.74, 6) is -1.51. The second kappa shape index (κ2) is 18.6. The summed E-state index contributed by atoms with van der Waals surface area (Å²) in [6.07, 6.45) is 1.40. The highest BCUT2D eigenvalue weighted by Crippen LogP contribution is 2.43. The van der Waals surface area contributed by atoms with E-state index >= 15 is 0 Å². The van der Waals surface area contributed by atoms with Crippen molar-refractivity contribution in [1.29, 1.82) is 0 Å². The van der Waals surface area contributed by atoms with Gasteiger partial charge < -0.3 is 20.1 Å². The Labute approximate surface area is 351 Å². The SMILES string of the molecule is O=C(NCCOCCn1ccc(C(=O)Nc2nn(C(c3ccccc3)(c3ccccc3)c3ccccc3)c3ccc(Cc4cc(F)cc(F)c4)cc23)n1)OCc1ccccc1. The zero-order chi connectivity index (χ0) is 42.0. The fourth-order valence-corrected chi connectivity index (χ4v) is 7.52. The van der Waals surface area contributed by atoms with Crippen molar-refractivity contribution in [3.63, 3.8) is 0 Å². The maximum atomic E-state index is 14.3. The molecule has 0 atom stereocenters.